The quantitative estimate of drug-likeness (QED) is 0.500. The molecule has 5 nitrogen and oxygen atoms in total. The van der Waals surface area contributed by atoms with Crippen LogP contribution in [0.1, 0.15) is 40.7 Å². The zero-order valence-electron chi connectivity index (χ0n) is 16.9. The molecule has 2 aliphatic rings. The van der Waals surface area contributed by atoms with Gasteiger partial charge in [0.2, 0.25) is 11.8 Å². The van der Waals surface area contributed by atoms with Crippen molar-refractivity contribution in [3.8, 4) is 11.6 Å². The van der Waals surface area contributed by atoms with Crippen LogP contribution >= 0.6 is 0 Å². The van der Waals surface area contributed by atoms with E-state index in [4.69, 9.17) is 10.5 Å². The maximum absolute atomic E-state index is 11.1. The van der Waals surface area contributed by atoms with E-state index >= 15 is 0 Å². The minimum absolute atomic E-state index is 0.369. The first-order chi connectivity index (χ1) is 14.1. The number of nitrogens with two attached hydrogens (primary N) is 1. The number of nitrogens with one attached hydrogen (secondary N) is 1. The lowest BCUT2D eigenvalue weighted by atomic mass is 9.91. The van der Waals surface area contributed by atoms with Crippen molar-refractivity contribution in [3.05, 3.63) is 65.4 Å². The maximum Gasteiger partial charge on any atom is 0.250 e. The van der Waals surface area contributed by atoms with E-state index in [0.717, 1.165) is 48.6 Å². The minimum Gasteiger partial charge on any atom is -0.439 e. The van der Waals surface area contributed by atoms with Crippen LogP contribution in [0.15, 0.2) is 48.7 Å². The highest BCUT2D eigenvalue weighted by atomic mass is 16.5. The van der Waals surface area contributed by atoms with Crippen LogP contribution in [0.2, 0.25) is 0 Å². The number of aryl methyl sites for hydroxylation is 1. The first-order valence-corrected chi connectivity index (χ1v) is 10.5. The highest BCUT2D eigenvalue weighted by Crippen LogP contribution is 2.44. The van der Waals surface area contributed by atoms with Crippen molar-refractivity contribution in [3.63, 3.8) is 0 Å². The van der Waals surface area contributed by atoms with Gasteiger partial charge in [-0.1, -0.05) is 24.3 Å². The number of carbonyl (C=O) groups is 1. The van der Waals surface area contributed by atoms with Gasteiger partial charge in [-0.15, -0.1) is 0 Å². The molecular formula is C24H29N3O2. The molecule has 1 aromatic carbocycles. The Morgan fingerprint density at radius 3 is 2.76 bits per heavy atom. The van der Waals surface area contributed by atoms with Crippen molar-refractivity contribution < 1.29 is 9.53 Å². The Labute approximate surface area is 172 Å². The second kappa shape index (κ2) is 8.78. The molecule has 0 spiro atoms. The van der Waals surface area contributed by atoms with Gasteiger partial charge in [0.25, 0.3) is 0 Å². The smallest absolute Gasteiger partial charge is 0.250 e. The van der Waals surface area contributed by atoms with Gasteiger partial charge in [0.1, 0.15) is 5.75 Å². The number of hydrogen-bond donors (Lipinski definition) is 2. The summed E-state index contributed by atoms with van der Waals surface area (Å²) in [7, 11) is 0. The van der Waals surface area contributed by atoms with Crippen molar-refractivity contribution >= 4 is 5.91 Å². The van der Waals surface area contributed by atoms with Gasteiger partial charge in [-0.2, -0.15) is 0 Å². The third-order valence-electron chi connectivity index (χ3n) is 6.17. The molecule has 2 aliphatic carbocycles. The number of fused-ring (bicyclic) bond motifs is 2. The predicted octanol–water partition coefficient (Wildman–Crippen LogP) is 4.02. The molecule has 4 rings (SSSR count). The highest BCUT2D eigenvalue weighted by Gasteiger charge is 2.34. The number of ether oxygens (including phenoxy) is 1. The van der Waals surface area contributed by atoms with Crippen LogP contribution in [-0.2, 0) is 6.42 Å². The van der Waals surface area contributed by atoms with Gasteiger partial charge >= 0.3 is 0 Å². The van der Waals surface area contributed by atoms with E-state index in [0.29, 0.717) is 11.4 Å². The van der Waals surface area contributed by atoms with Gasteiger partial charge in [-0.05, 0) is 86.7 Å². The second-order valence-corrected chi connectivity index (χ2v) is 8.28. The van der Waals surface area contributed by atoms with Crippen LogP contribution in [0.3, 0.4) is 0 Å². The third kappa shape index (κ3) is 4.85. The summed E-state index contributed by atoms with van der Waals surface area (Å²) in [5.74, 6) is 3.32. The fourth-order valence-electron chi connectivity index (χ4n) is 4.55. The topological polar surface area (TPSA) is 77.2 Å². The summed E-state index contributed by atoms with van der Waals surface area (Å²) in [6.07, 6.45) is 11.4. The molecule has 1 fully saturated rings. The van der Waals surface area contributed by atoms with Crippen LogP contribution in [-0.4, -0.2) is 24.0 Å². The van der Waals surface area contributed by atoms with Gasteiger partial charge in [-0.3, -0.25) is 4.79 Å². The fourth-order valence-corrected chi connectivity index (χ4v) is 4.55. The molecule has 3 N–H and O–H groups in total. The molecule has 1 amide bonds. The number of amides is 1. The van der Waals surface area contributed by atoms with E-state index < -0.39 is 5.91 Å². The van der Waals surface area contributed by atoms with E-state index in [2.05, 4.69) is 34.6 Å². The maximum atomic E-state index is 11.1. The van der Waals surface area contributed by atoms with Crippen molar-refractivity contribution in [2.24, 2.45) is 23.5 Å². The van der Waals surface area contributed by atoms with Crippen molar-refractivity contribution in [2.45, 2.75) is 32.6 Å². The Morgan fingerprint density at radius 1 is 1.21 bits per heavy atom. The lowest BCUT2D eigenvalue weighted by Crippen LogP contribution is -2.22. The molecule has 1 aromatic heterocycles. The van der Waals surface area contributed by atoms with Gasteiger partial charge in [0.05, 0.1) is 5.56 Å². The average molecular weight is 392 g/mol. The molecule has 0 radical (unpaired) electrons. The van der Waals surface area contributed by atoms with Crippen molar-refractivity contribution in [1.82, 2.24) is 10.3 Å². The van der Waals surface area contributed by atoms with Crippen LogP contribution < -0.4 is 15.8 Å². The van der Waals surface area contributed by atoms with E-state index in [1.54, 1.807) is 12.1 Å². The standard InChI is InChI=1S/C24H29N3O2/c1-16-12-17(8-10-26-11-9-20-14-18-2-4-19(20)13-18)3-6-22(16)29-23-7-5-21(15-27-23)24(25)28/h2-7,12,15,18-20,26H,8-11,13-14H2,1H3,(H2,25,28). The normalized spacial score (nSPS) is 22.2. The molecule has 1 heterocycles. The summed E-state index contributed by atoms with van der Waals surface area (Å²) in [4.78, 5) is 15.3. The monoisotopic (exact) mass is 391 g/mol. The zero-order valence-corrected chi connectivity index (χ0v) is 16.9. The summed E-state index contributed by atoms with van der Waals surface area (Å²) in [6, 6.07) is 9.52. The van der Waals surface area contributed by atoms with E-state index in [9.17, 15) is 4.79 Å². The number of allylic oxidation sites excluding steroid dienone is 2. The summed E-state index contributed by atoms with van der Waals surface area (Å²) in [5.41, 5.74) is 7.96. The number of benzene rings is 1. The highest BCUT2D eigenvalue weighted by molar-refractivity contribution is 5.92. The summed E-state index contributed by atoms with van der Waals surface area (Å²) in [6.45, 7) is 4.13. The second-order valence-electron chi connectivity index (χ2n) is 8.28. The number of primary amides is 1. The summed E-state index contributed by atoms with van der Waals surface area (Å²) >= 11 is 0. The van der Waals surface area contributed by atoms with E-state index in [1.807, 2.05) is 13.0 Å². The van der Waals surface area contributed by atoms with Gasteiger partial charge < -0.3 is 15.8 Å². The lowest BCUT2D eigenvalue weighted by molar-refractivity contribution is 0.1000. The molecule has 29 heavy (non-hydrogen) atoms. The molecule has 2 aromatic rings. The largest absolute Gasteiger partial charge is 0.439 e. The molecular weight excluding hydrogens is 362 g/mol. The number of pyridine rings is 1. The van der Waals surface area contributed by atoms with Crippen LogP contribution in [0, 0.1) is 24.7 Å². The number of carbonyl (C=O) groups excluding carboxylic acids is 1. The first kappa shape index (κ1) is 19.6. The minimum atomic E-state index is -0.495. The number of aromatic nitrogens is 1. The molecule has 1 saturated carbocycles. The molecule has 0 saturated heterocycles. The molecule has 0 aliphatic heterocycles. The fraction of sp³-hybridized carbons (Fsp3) is 0.417. The number of nitrogens with zero attached hydrogens (tertiary/aromatic N) is 1. The Hall–Kier alpha value is -2.66. The molecule has 3 atom stereocenters. The molecule has 3 unspecified atom stereocenters. The molecule has 2 bridgehead atoms. The molecule has 152 valence electrons. The number of hydrogen-bond acceptors (Lipinski definition) is 4. The summed E-state index contributed by atoms with van der Waals surface area (Å²) < 4.78 is 5.84. The van der Waals surface area contributed by atoms with Gasteiger partial charge in [0.15, 0.2) is 0 Å². The van der Waals surface area contributed by atoms with E-state index in [-0.39, 0.29) is 0 Å². The zero-order chi connectivity index (χ0) is 20.2. The Kier molecular flexibility index (Phi) is 5.95. The summed E-state index contributed by atoms with van der Waals surface area (Å²) in [5, 5.41) is 3.61. The van der Waals surface area contributed by atoms with Crippen LogP contribution in [0.25, 0.3) is 0 Å². The average Bonchev–Trinajstić information content (AvgIpc) is 3.33. The van der Waals surface area contributed by atoms with Gasteiger partial charge in [-0.25, -0.2) is 4.98 Å². The molecule has 5 heteroatoms. The SMILES string of the molecule is Cc1cc(CCNCCC2CC3C=CC2C3)ccc1Oc1ccc(C(N)=O)cn1. The Balaban J connectivity index is 1.22. The van der Waals surface area contributed by atoms with Crippen molar-refractivity contribution in [1.29, 1.82) is 0 Å². The lowest BCUT2D eigenvalue weighted by Gasteiger charge is -2.18. The van der Waals surface area contributed by atoms with E-state index in [1.165, 1.54) is 31.0 Å². The van der Waals surface area contributed by atoms with Crippen LogP contribution in [0.5, 0.6) is 11.6 Å². The third-order valence-corrected chi connectivity index (χ3v) is 6.17. The number of rotatable bonds is 9. The first-order valence-electron chi connectivity index (χ1n) is 10.5. The van der Waals surface area contributed by atoms with Gasteiger partial charge in [0, 0.05) is 12.3 Å². The van der Waals surface area contributed by atoms with Crippen LogP contribution in [0.4, 0.5) is 0 Å². The Bertz CT molecular complexity index is 891. The predicted molar refractivity (Wildman–Crippen MR) is 114 cm³/mol. The Morgan fingerprint density at radius 2 is 2.10 bits per heavy atom. The van der Waals surface area contributed by atoms with Crippen molar-refractivity contribution in [2.75, 3.05) is 13.1 Å².